The number of carbonyl (C=O) groups is 2. The van der Waals surface area contributed by atoms with Crippen molar-refractivity contribution >= 4 is 40.1 Å². The second-order valence-corrected chi connectivity index (χ2v) is 8.39. The highest BCUT2D eigenvalue weighted by Gasteiger charge is 2.39. The van der Waals surface area contributed by atoms with Gasteiger partial charge in [-0.25, -0.2) is 4.99 Å². The zero-order valence-electron chi connectivity index (χ0n) is 15.5. The Morgan fingerprint density at radius 3 is 2.74 bits per heavy atom. The molecule has 2 amide bonds. The molecule has 1 unspecified atom stereocenters. The molecule has 5 nitrogen and oxygen atoms in total. The van der Waals surface area contributed by atoms with Crippen molar-refractivity contribution < 1.29 is 9.59 Å². The fraction of sp³-hybridized carbons (Fsp3) is 0.429. The van der Waals surface area contributed by atoms with Crippen LogP contribution < -0.4 is 5.32 Å². The summed E-state index contributed by atoms with van der Waals surface area (Å²) in [5.41, 5.74) is 3.17. The van der Waals surface area contributed by atoms with E-state index in [1.165, 1.54) is 23.3 Å². The normalized spacial score (nSPS) is 21.8. The number of allylic oxidation sites excluding steroid dienone is 1. The van der Waals surface area contributed by atoms with Gasteiger partial charge in [0.25, 0.3) is 5.91 Å². The van der Waals surface area contributed by atoms with E-state index in [4.69, 9.17) is 0 Å². The number of amidine groups is 1. The Bertz CT molecular complexity index is 868. The van der Waals surface area contributed by atoms with Gasteiger partial charge in [0.15, 0.2) is 0 Å². The van der Waals surface area contributed by atoms with Crippen LogP contribution in [-0.4, -0.2) is 22.7 Å². The Kier molecular flexibility index (Phi) is 5.25. The summed E-state index contributed by atoms with van der Waals surface area (Å²) in [7, 11) is 0. The predicted molar refractivity (Wildman–Crippen MR) is 110 cm³/mol. The summed E-state index contributed by atoms with van der Waals surface area (Å²) in [4.78, 5) is 34.9. The van der Waals surface area contributed by atoms with Gasteiger partial charge in [-0.05, 0) is 55.2 Å². The van der Waals surface area contributed by atoms with Crippen LogP contribution in [0.3, 0.4) is 0 Å². The third-order valence-electron chi connectivity index (χ3n) is 5.17. The van der Waals surface area contributed by atoms with Crippen LogP contribution in [0.2, 0.25) is 0 Å². The zero-order chi connectivity index (χ0) is 18.8. The minimum absolute atomic E-state index is 0.0932. The number of benzene rings is 1. The van der Waals surface area contributed by atoms with E-state index < -0.39 is 0 Å². The van der Waals surface area contributed by atoms with Crippen molar-refractivity contribution in [3.8, 4) is 0 Å². The number of thioether (sulfide) groups is 1. The van der Waals surface area contributed by atoms with Crippen LogP contribution in [0, 0.1) is 12.8 Å². The number of nitrogens with one attached hydrogen (secondary N) is 1. The molecule has 0 fully saturated rings. The van der Waals surface area contributed by atoms with Gasteiger partial charge < -0.3 is 5.32 Å². The molecule has 0 saturated heterocycles. The van der Waals surface area contributed by atoms with Gasteiger partial charge in [0.05, 0.1) is 5.04 Å². The van der Waals surface area contributed by atoms with E-state index in [2.05, 4.69) is 15.3 Å². The number of nitrogens with zero attached hydrogens (tertiary/aromatic N) is 2. The molecule has 2 heterocycles. The van der Waals surface area contributed by atoms with Crippen molar-refractivity contribution in [2.45, 2.75) is 51.9 Å². The van der Waals surface area contributed by atoms with Crippen LogP contribution in [0.25, 0.3) is 0 Å². The molecule has 3 aliphatic rings. The molecule has 0 spiro atoms. The summed E-state index contributed by atoms with van der Waals surface area (Å²) in [5, 5.41) is 3.74. The molecule has 0 saturated carbocycles. The number of amides is 2. The summed E-state index contributed by atoms with van der Waals surface area (Å²) >= 11 is 1.66. The van der Waals surface area contributed by atoms with Gasteiger partial charge in [0.2, 0.25) is 5.91 Å². The molecule has 2 aliphatic heterocycles. The highest BCUT2D eigenvalue weighted by atomic mass is 32.2. The number of aryl methyl sites for hydroxylation is 1. The van der Waals surface area contributed by atoms with Gasteiger partial charge in [0, 0.05) is 18.5 Å². The lowest BCUT2D eigenvalue weighted by Crippen LogP contribution is -2.26. The first-order valence-electron chi connectivity index (χ1n) is 9.56. The summed E-state index contributed by atoms with van der Waals surface area (Å²) in [6.07, 6.45) is 6.24. The van der Waals surface area contributed by atoms with E-state index in [1.54, 1.807) is 11.8 Å². The minimum Gasteiger partial charge on any atom is -0.326 e. The standard InChI is InChI=1S/C21H23N3O2S/c1-13-7-9-14(10-8-13)22-18(25)12-11-17-23-20(26)19-15-5-3-2-4-6-16(15)27-21(19)24-17/h7-10,19H,2-6,11-12H2,1H3,(H,22,25). The summed E-state index contributed by atoms with van der Waals surface area (Å²) in [5.74, 6) is 0.0429. The fourth-order valence-electron chi connectivity index (χ4n) is 3.72. The van der Waals surface area contributed by atoms with Crippen LogP contribution >= 0.6 is 11.8 Å². The average Bonchev–Trinajstić information content (AvgIpc) is 2.84. The lowest BCUT2D eigenvalue weighted by molar-refractivity contribution is -0.119. The van der Waals surface area contributed by atoms with Gasteiger partial charge in [-0.1, -0.05) is 35.9 Å². The predicted octanol–water partition coefficient (Wildman–Crippen LogP) is 4.63. The molecule has 6 heteroatoms. The van der Waals surface area contributed by atoms with E-state index in [0.29, 0.717) is 12.3 Å². The van der Waals surface area contributed by atoms with Crippen LogP contribution in [0.1, 0.15) is 50.5 Å². The quantitative estimate of drug-likeness (QED) is 0.826. The highest BCUT2D eigenvalue weighted by Crippen LogP contribution is 2.46. The van der Waals surface area contributed by atoms with Crippen molar-refractivity contribution in [3.63, 3.8) is 0 Å². The molecule has 1 aromatic carbocycles. The molecular formula is C21H23N3O2S. The Balaban J connectivity index is 1.37. The number of rotatable bonds is 4. The van der Waals surface area contributed by atoms with Gasteiger partial charge >= 0.3 is 0 Å². The maximum absolute atomic E-state index is 12.6. The summed E-state index contributed by atoms with van der Waals surface area (Å²) in [6.45, 7) is 2.01. The van der Waals surface area contributed by atoms with E-state index in [-0.39, 0.29) is 24.2 Å². The third kappa shape index (κ3) is 4.05. The molecule has 1 aliphatic carbocycles. The molecule has 0 bridgehead atoms. The third-order valence-corrected chi connectivity index (χ3v) is 6.42. The number of hydrogen-bond donors (Lipinski definition) is 1. The average molecular weight is 382 g/mol. The van der Waals surface area contributed by atoms with Gasteiger partial charge in [-0.3, -0.25) is 9.59 Å². The van der Waals surface area contributed by atoms with Crippen molar-refractivity contribution in [1.29, 1.82) is 0 Å². The van der Waals surface area contributed by atoms with Crippen LogP contribution in [0.4, 0.5) is 5.69 Å². The zero-order valence-corrected chi connectivity index (χ0v) is 16.3. The first-order chi connectivity index (χ1) is 13.1. The summed E-state index contributed by atoms with van der Waals surface area (Å²) < 4.78 is 0. The molecule has 1 aromatic rings. The first-order valence-corrected chi connectivity index (χ1v) is 10.4. The number of fused-ring (bicyclic) bond motifs is 2. The minimum atomic E-state index is -0.242. The Morgan fingerprint density at radius 1 is 1.15 bits per heavy atom. The fourth-order valence-corrected chi connectivity index (χ4v) is 5.08. The first kappa shape index (κ1) is 18.2. The number of anilines is 1. The maximum Gasteiger partial charge on any atom is 0.261 e. The van der Waals surface area contributed by atoms with Crippen LogP contribution in [-0.2, 0) is 9.59 Å². The van der Waals surface area contributed by atoms with E-state index >= 15 is 0 Å². The second-order valence-electron chi connectivity index (χ2n) is 7.27. The maximum atomic E-state index is 12.6. The highest BCUT2D eigenvalue weighted by molar-refractivity contribution is 8.17. The molecular weight excluding hydrogens is 358 g/mol. The van der Waals surface area contributed by atoms with Crippen molar-refractivity contribution in [2.24, 2.45) is 15.9 Å². The number of hydrogen-bond acceptors (Lipinski definition) is 4. The summed E-state index contributed by atoms with van der Waals surface area (Å²) in [6, 6.07) is 7.68. The molecule has 1 atom stereocenters. The molecule has 0 radical (unpaired) electrons. The second kappa shape index (κ2) is 7.80. The van der Waals surface area contributed by atoms with Gasteiger partial charge in [-0.15, -0.1) is 0 Å². The molecule has 140 valence electrons. The topological polar surface area (TPSA) is 70.9 Å². The lowest BCUT2D eigenvalue weighted by Gasteiger charge is -2.16. The molecule has 0 aromatic heterocycles. The Labute approximate surface area is 163 Å². The van der Waals surface area contributed by atoms with Gasteiger partial charge in [0.1, 0.15) is 11.8 Å². The molecule has 27 heavy (non-hydrogen) atoms. The lowest BCUT2D eigenvalue weighted by atomic mass is 9.94. The Morgan fingerprint density at radius 2 is 1.93 bits per heavy atom. The van der Waals surface area contributed by atoms with E-state index in [1.807, 2.05) is 31.2 Å². The number of aliphatic imine (C=N–C) groups is 2. The Hall–Kier alpha value is -2.21. The largest absolute Gasteiger partial charge is 0.326 e. The number of carbonyl (C=O) groups excluding carboxylic acids is 2. The smallest absolute Gasteiger partial charge is 0.261 e. The van der Waals surface area contributed by atoms with E-state index in [0.717, 1.165) is 35.6 Å². The van der Waals surface area contributed by atoms with Crippen molar-refractivity contribution in [3.05, 3.63) is 40.3 Å². The van der Waals surface area contributed by atoms with Crippen molar-refractivity contribution in [1.82, 2.24) is 0 Å². The SMILES string of the molecule is Cc1ccc(NC(=O)CCC2=NC(=O)C3C(=N2)SC2=C3CCCCC2)cc1. The molecule has 4 rings (SSSR count). The van der Waals surface area contributed by atoms with Crippen LogP contribution in [0.5, 0.6) is 0 Å². The van der Waals surface area contributed by atoms with Gasteiger partial charge in [-0.2, -0.15) is 4.99 Å². The molecule has 1 N–H and O–H groups in total. The van der Waals surface area contributed by atoms with Crippen LogP contribution in [0.15, 0.2) is 44.7 Å². The van der Waals surface area contributed by atoms with E-state index in [9.17, 15) is 9.59 Å². The monoisotopic (exact) mass is 381 g/mol. The van der Waals surface area contributed by atoms with Crippen molar-refractivity contribution in [2.75, 3.05) is 5.32 Å².